The number of nitrogens with zero attached hydrogens (tertiary/aromatic N) is 2. The van der Waals surface area contributed by atoms with Crippen LogP contribution in [0.1, 0.15) is 13.8 Å². The fourth-order valence-electron chi connectivity index (χ4n) is 1.76. The van der Waals surface area contributed by atoms with Crippen molar-refractivity contribution in [2.45, 2.75) is 25.9 Å². The minimum atomic E-state index is -0.468. The molecule has 2 atom stereocenters. The normalized spacial score (nSPS) is 21.2. The number of carbonyl (C=O) groups is 2. The Morgan fingerprint density at radius 2 is 1.31 bits per heavy atom. The number of nitrogens with two attached hydrogens (primary N) is 2. The first-order chi connectivity index (χ1) is 7.41. The highest BCUT2D eigenvalue weighted by Gasteiger charge is 2.32. The van der Waals surface area contributed by atoms with Crippen LogP contribution in [0.25, 0.3) is 0 Å². The van der Waals surface area contributed by atoms with Gasteiger partial charge in [0.2, 0.25) is 0 Å². The Bertz CT molecular complexity index is 250. The van der Waals surface area contributed by atoms with E-state index < -0.39 is 11.8 Å². The number of amides is 2. The average molecular weight is 228 g/mol. The van der Waals surface area contributed by atoms with Crippen molar-refractivity contribution < 1.29 is 9.59 Å². The molecule has 6 nitrogen and oxygen atoms in total. The number of carbonyl (C=O) groups excluding carboxylic acids is 2. The summed E-state index contributed by atoms with van der Waals surface area (Å²) in [5.41, 5.74) is 11.2. The topological polar surface area (TPSA) is 92.7 Å². The van der Waals surface area contributed by atoms with E-state index in [-0.39, 0.29) is 12.1 Å². The monoisotopic (exact) mass is 228 g/mol. The largest absolute Gasteiger partial charge is 0.331 e. The van der Waals surface area contributed by atoms with Crippen molar-refractivity contribution in [3.05, 3.63) is 0 Å². The zero-order chi connectivity index (χ0) is 12.3. The zero-order valence-electron chi connectivity index (χ0n) is 9.85. The third kappa shape index (κ3) is 3.18. The van der Waals surface area contributed by atoms with Crippen LogP contribution >= 0.6 is 0 Å². The van der Waals surface area contributed by atoms with Crippen LogP contribution in [0.2, 0.25) is 0 Å². The highest BCUT2D eigenvalue weighted by Crippen LogP contribution is 2.05. The van der Waals surface area contributed by atoms with E-state index in [2.05, 4.69) is 0 Å². The van der Waals surface area contributed by atoms with Gasteiger partial charge in [0, 0.05) is 38.3 Å². The highest BCUT2D eigenvalue weighted by molar-refractivity contribution is 6.35. The van der Waals surface area contributed by atoms with Crippen LogP contribution in [0.15, 0.2) is 0 Å². The van der Waals surface area contributed by atoms with Gasteiger partial charge in [-0.2, -0.15) is 0 Å². The van der Waals surface area contributed by atoms with E-state index in [1.807, 2.05) is 13.8 Å². The number of hydrogen-bond acceptors (Lipinski definition) is 4. The Labute approximate surface area is 95.5 Å². The van der Waals surface area contributed by atoms with Crippen LogP contribution in [-0.4, -0.2) is 59.9 Å². The SMILES string of the molecule is CC(N)CN1CCN(CC(C)N)C(=O)C1=O. The maximum atomic E-state index is 11.7. The van der Waals surface area contributed by atoms with Gasteiger partial charge in [-0.05, 0) is 13.8 Å². The molecule has 1 rings (SSSR count). The third-order valence-corrected chi connectivity index (χ3v) is 2.41. The molecule has 1 aliphatic heterocycles. The Kier molecular flexibility index (Phi) is 4.26. The van der Waals surface area contributed by atoms with E-state index in [0.717, 1.165) is 0 Å². The summed E-state index contributed by atoms with van der Waals surface area (Å²) in [4.78, 5) is 26.4. The molecule has 0 aromatic carbocycles. The van der Waals surface area contributed by atoms with Crippen LogP contribution < -0.4 is 11.5 Å². The van der Waals surface area contributed by atoms with Crippen LogP contribution in [0, 0.1) is 0 Å². The zero-order valence-corrected chi connectivity index (χ0v) is 9.85. The molecule has 0 aromatic rings. The summed E-state index contributed by atoms with van der Waals surface area (Å²) in [6, 6.07) is -0.228. The lowest BCUT2D eigenvalue weighted by atomic mass is 10.2. The molecule has 0 aliphatic carbocycles. The summed E-state index contributed by atoms with van der Waals surface area (Å²) in [7, 11) is 0. The fourth-order valence-corrected chi connectivity index (χ4v) is 1.76. The van der Waals surface area contributed by atoms with Crippen molar-refractivity contribution >= 4 is 11.8 Å². The predicted octanol–water partition coefficient (Wildman–Crippen LogP) is -1.65. The van der Waals surface area contributed by atoms with Crippen molar-refractivity contribution in [2.24, 2.45) is 11.5 Å². The summed E-state index contributed by atoms with van der Waals surface area (Å²) in [5.74, 6) is -0.937. The smallest absolute Gasteiger partial charge is 0.312 e. The van der Waals surface area contributed by atoms with Crippen LogP contribution in [0.3, 0.4) is 0 Å². The second kappa shape index (κ2) is 5.27. The Morgan fingerprint density at radius 3 is 1.56 bits per heavy atom. The molecule has 6 heteroatoms. The maximum Gasteiger partial charge on any atom is 0.312 e. The molecule has 2 amide bonds. The van der Waals surface area contributed by atoms with Gasteiger partial charge in [-0.15, -0.1) is 0 Å². The lowest BCUT2D eigenvalue weighted by molar-refractivity contribution is -0.156. The Morgan fingerprint density at radius 1 is 1.00 bits per heavy atom. The molecule has 4 N–H and O–H groups in total. The molecule has 1 heterocycles. The minimum absolute atomic E-state index is 0.114. The Hall–Kier alpha value is -1.14. The van der Waals surface area contributed by atoms with Crippen molar-refractivity contribution in [3.63, 3.8) is 0 Å². The summed E-state index contributed by atoms with van der Waals surface area (Å²) in [6.45, 7) is 5.56. The van der Waals surface area contributed by atoms with Gasteiger partial charge in [-0.3, -0.25) is 9.59 Å². The standard InChI is InChI=1S/C10H20N4O2/c1-7(11)5-13-3-4-14(6-8(2)12)10(16)9(13)15/h7-8H,3-6,11-12H2,1-2H3. The van der Waals surface area contributed by atoms with Crippen molar-refractivity contribution in [1.82, 2.24) is 9.80 Å². The molecule has 1 fully saturated rings. The molecule has 0 bridgehead atoms. The highest BCUT2D eigenvalue weighted by atomic mass is 16.2. The van der Waals surface area contributed by atoms with E-state index in [4.69, 9.17) is 11.5 Å². The van der Waals surface area contributed by atoms with Crippen LogP contribution in [0.4, 0.5) is 0 Å². The van der Waals surface area contributed by atoms with Gasteiger partial charge in [0.25, 0.3) is 0 Å². The lowest BCUT2D eigenvalue weighted by Gasteiger charge is -2.35. The molecule has 16 heavy (non-hydrogen) atoms. The first-order valence-corrected chi connectivity index (χ1v) is 5.51. The summed E-state index contributed by atoms with van der Waals surface area (Å²) < 4.78 is 0. The summed E-state index contributed by atoms with van der Waals surface area (Å²) >= 11 is 0. The predicted molar refractivity (Wildman–Crippen MR) is 60.5 cm³/mol. The molecule has 1 aliphatic rings. The van der Waals surface area contributed by atoms with Crippen LogP contribution in [-0.2, 0) is 9.59 Å². The summed E-state index contributed by atoms with van der Waals surface area (Å²) in [5, 5.41) is 0. The minimum Gasteiger partial charge on any atom is -0.331 e. The van der Waals surface area contributed by atoms with Crippen molar-refractivity contribution in [1.29, 1.82) is 0 Å². The molecule has 0 saturated carbocycles. The van der Waals surface area contributed by atoms with Gasteiger partial charge < -0.3 is 21.3 Å². The third-order valence-electron chi connectivity index (χ3n) is 2.41. The van der Waals surface area contributed by atoms with Crippen LogP contribution in [0.5, 0.6) is 0 Å². The van der Waals surface area contributed by atoms with Gasteiger partial charge >= 0.3 is 11.8 Å². The number of piperazine rings is 1. The van der Waals surface area contributed by atoms with E-state index in [9.17, 15) is 9.59 Å². The van der Waals surface area contributed by atoms with E-state index >= 15 is 0 Å². The maximum absolute atomic E-state index is 11.7. The molecule has 1 saturated heterocycles. The van der Waals surface area contributed by atoms with E-state index in [1.165, 1.54) is 9.80 Å². The van der Waals surface area contributed by atoms with Crippen molar-refractivity contribution in [2.75, 3.05) is 26.2 Å². The van der Waals surface area contributed by atoms with Gasteiger partial charge in [0.15, 0.2) is 0 Å². The molecule has 0 aromatic heterocycles. The van der Waals surface area contributed by atoms with Gasteiger partial charge in [0.1, 0.15) is 0 Å². The molecule has 0 spiro atoms. The fraction of sp³-hybridized carbons (Fsp3) is 0.800. The van der Waals surface area contributed by atoms with Gasteiger partial charge in [-0.25, -0.2) is 0 Å². The molecular formula is C10H20N4O2. The number of rotatable bonds is 4. The number of hydrogen-bond donors (Lipinski definition) is 2. The van der Waals surface area contributed by atoms with Gasteiger partial charge in [-0.1, -0.05) is 0 Å². The molecule has 92 valence electrons. The van der Waals surface area contributed by atoms with E-state index in [0.29, 0.717) is 26.2 Å². The molecular weight excluding hydrogens is 208 g/mol. The second-order valence-electron chi connectivity index (χ2n) is 4.46. The van der Waals surface area contributed by atoms with Gasteiger partial charge in [0.05, 0.1) is 0 Å². The van der Waals surface area contributed by atoms with E-state index in [1.54, 1.807) is 0 Å². The molecule has 0 radical (unpaired) electrons. The summed E-state index contributed by atoms with van der Waals surface area (Å²) in [6.07, 6.45) is 0. The second-order valence-corrected chi connectivity index (χ2v) is 4.46. The van der Waals surface area contributed by atoms with Crippen molar-refractivity contribution in [3.8, 4) is 0 Å². The average Bonchev–Trinajstić information content (AvgIpc) is 2.16. The first kappa shape index (κ1) is 12.9. The first-order valence-electron chi connectivity index (χ1n) is 5.51. The Balaban J connectivity index is 2.58. The molecule has 2 unspecified atom stereocenters. The lowest BCUT2D eigenvalue weighted by Crippen LogP contribution is -2.57. The quantitative estimate of drug-likeness (QED) is 0.564.